The van der Waals surface area contributed by atoms with Crippen LogP contribution in [0.5, 0.6) is 0 Å². The number of carbonyl (C=O) groups is 1. The van der Waals surface area contributed by atoms with Gasteiger partial charge in [-0.25, -0.2) is 0 Å². The highest BCUT2D eigenvalue weighted by molar-refractivity contribution is 6.30. The molecular weight excluding hydrogens is 460 g/mol. The number of hydrogen-bond donors (Lipinski definition) is 0. The van der Waals surface area contributed by atoms with E-state index >= 15 is 0 Å². The Hall–Kier alpha value is -2.12. The van der Waals surface area contributed by atoms with Gasteiger partial charge < -0.3 is 0 Å². The molecule has 0 amide bonds. The highest BCUT2D eigenvalue weighted by atomic mass is 35.5. The van der Waals surface area contributed by atoms with Crippen LogP contribution in [0.3, 0.4) is 0 Å². The average molecular weight is 515 g/mol. The summed E-state index contributed by atoms with van der Waals surface area (Å²) in [7, 11) is 0. The lowest BCUT2D eigenvalue weighted by atomic mass is 10.1. The molecule has 0 heterocycles. The minimum atomic E-state index is 0.0664. The van der Waals surface area contributed by atoms with Gasteiger partial charge in [-0.3, -0.25) is 4.79 Å². The Morgan fingerprint density at radius 3 is 1.47 bits per heavy atom. The van der Waals surface area contributed by atoms with Gasteiger partial charge in [-0.05, 0) is 109 Å². The average Bonchev–Trinajstić information content (AvgIpc) is 3.60. The fraction of sp³-hybridized carbons (Fsp3) is 0.500. The predicted octanol–water partition coefficient (Wildman–Crippen LogP) is 11.9. The van der Waals surface area contributed by atoms with Gasteiger partial charge in [0.15, 0.2) is 5.78 Å². The van der Waals surface area contributed by atoms with Crippen molar-refractivity contribution in [3.8, 4) is 0 Å². The number of ketones is 1. The molecule has 0 atom stereocenters. The van der Waals surface area contributed by atoms with Gasteiger partial charge in [0.1, 0.15) is 0 Å². The fourth-order valence-corrected chi connectivity index (χ4v) is 2.08. The number of Topliss-reactive ketones (excluding diaryl/α,β-unsaturated/α-hetero) is 1. The Kier molecular flexibility index (Phi) is 26.2. The fourth-order valence-electron chi connectivity index (χ4n) is 1.95. The molecule has 0 saturated heterocycles. The summed E-state index contributed by atoms with van der Waals surface area (Å²) in [5.41, 5.74) is 7.52. The van der Waals surface area contributed by atoms with E-state index in [0.29, 0.717) is 10.6 Å². The molecule has 0 spiro atoms. The van der Waals surface area contributed by atoms with Crippen LogP contribution in [0.25, 0.3) is 0 Å². The van der Waals surface area contributed by atoms with Crippen LogP contribution >= 0.6 is 11.6 Å². The highest BCUT2D eigenvalue weighted by Crippen LogP contribution is 2.26. The molecule has 1 aliphatic rings. The SMILES string of the molecule is C/C=C(\C)CC.C=C(C)C.CC(=O)c1ccc(Cl)cc1.CC1CC1.CCC.Cc1cccc(C)c1C. The number of rotatable bonds is 2. The third-order valence-electron chi connectivity index (χ3n) is 5.04. The van der Waals surface area contributed by atoms with E-state index in [1.165, 1.54) is 60.4 Å². The summed E-state index contributed by atoms with van der Waals surface area (Å²) < 4.78 is 0. The molecule has 36 heavy (non-hydrogen) atoms. The number of allylic oxidation sites excluding steroid dienone is 3. The van der Waals surface area contributed by atoms with Crippen LogP contribution in [0.2, 0.25) is 5.02 Å². The van der Waals surface area contributed by atoms with E-state index in [-0.39, 0.29) is 5.78 Å². The maximum Gasteiger partial charge on any atom is 0.159 e. The molecule has 3 rings (SSSR count). The summed E-state index contributed by atoms with van der Waals surface area (Å²) in [5.74, 6) is 1.15. The van der Waals surface area contributed by atoms with Crippen LogP contribution in [0.1, 0.15) is 115 Å². The number of carbonyl (C=O) groups excluding carboxylic acids is 1. The second-order valence-electron chi connectivity index (χ2n) is 9.67. The Morgan fingerprint density at radius 2 is 1.28 bits per heavy atom. The van der Waals surface area contributed by atoms with Gasteiger partial charge in [0, 0.05) is 10.6 Å². The molecule has 1 saturated carbocycles. The first-order valence-corrected chi connectivity index (χ1v) is 13.7. The molecule has 1 fully saturated rings. The quantitative estimate of drug-likeness (QED) is 0.287. The van der Waals surface area contributed by atoms with Gasteiger partial charge in [0.25, 0.3) is 0 Å². The number of hydrogen-bond acceptors (Lipinski definition) is 1. The summed E-state index contributed by atoms with van der Waals surface area (Å²) in [4.78, 5) is 10.7. The van der Waals surface area contributed by atoms with E-state index in [2.05, 4.69) is 93.2 Å². The van der Waals surface area contributed by atoms with Crippen LogP contribution < -0.4 is 0 Å². The molecule has 1 aliphatic carbocycles. The molecular formula is C34H55ClO. The van der Waals surface area contributed by atoms with Crippen LogP contribution in [-0.2, 0) is 0 Å². The second kappa shape index (κ2) is 24.6. The van der Waals surface area contributed by atoms with E-state index in [1.807, 2.05) is 13.8 Å². The monoisotopic (exact) mass is 514 g/mol. The Balaban J connectivity index is -0.000000384. The summed E-state index contributed by atoms with van der Waals surface area (Å²) in [6.45, 7) is 28.4. The first-order chi connectivity index (χ1) is 16.8. The van der Waals surface area contributed by atoms with Crippen molar-refractivity contribution in [1.82, 2.24) is 0 Å². The predicted molar refractivity (Wildman–Crippen MR) is 167 cm³/mol. The van der Waals surface area contributed by atoms with Gasteiger partial charge in [-0.2, -0.15) is 0 Å². The molecule has 2 heteroatoms. The molecule has 0 aliphatic heterocycles. The van der Waals surface area contributed by atoms with Crippen molar-refractivity contribution >= 4 is 17.4 Å². The molecule has 2 aromatic rings. The summed E-state index contributed by atoms with van der Waals surface area (Å²) in [5, 5.41) is 0.657. The Bertz CT molecular complexity index is 831. The minimum absolute atomic E-state index is 0.0664. The maximum atomic E-state index is 10.7. The van der Waals surface area contributed by atoms with Gasteiger partial charge in [0.2, 0.25) is 0 Å². The zero-order valence-corrected chi connectivity index (χ0v) is 26.3. The van der Waals surface area contributed by atoms with Crippen LogP contribution in [0, 0.1) is 26.7 Å². The van der Waals surface area contributed by atoms with E-state index in [0.717, 1.165) is 5.92 Å². The topological polar surface area (TPSA) is 17.1 Å². The number of aryl methyl sites for hydroxylation is 2. The third kappa shape index (κ3) is 28.1. The zero-order valence-electron chi connectivity index (χ0n) is 25.5. The standard InChI is InChI=1S/C9H12.C8H7ClO.C6H12.2C4H8.C3H8/c1-7-5-4-6-8(2)9(7)3;1-6(10)7-2-4-8(9)5-3-7;1-4-6(3)5-2;1-4-2-3-4;1-4(2)3;1-3-2/h4-6H,1-3H3;2-5H,1H3;4H,5H2,1-3H3;4H,2-3H2,1H3;1H2,2-3H3;3H2,1-2H3/b;;6-4+;;;. The third-order valence-corrected chi connectivity index (χ3v) is 5.29. The van der Waals surface area contributed by atoms with Crippen molar-refractivity contribution in [2.45, 2.75) is 109 Å². The smallest absolute Gasteiger partial charge is 0.159 e. The minimum Gasteiger partial charge on any atom is -0.295 e. The van der Waals surface area contributed by atoms with Crippen molar-refractivity contribution < 1.29 is 4.79 Å². The van der Waals surface area contributed by atoms with Crippen LogP contribution in [0.15, 0.2) is 66.3 Å². The maximum absolute atomic E-state index is 10.7. The van der Waals surface area contributed by atoms with Crippen LogP contribution in [-0.4, -0.2) is 5.78 Å². The summed E-state index contributed by atoms with van der Waals surface area (Å²) in [6.07, 6.45) is 7.55. The van der Waals surface area contributed by atoms with Crippen LogP contribution in [0.4, 0.5) is 0 Å². The normalized spacial score (nSPS) is 11.2. The van der Waals surface area contributed by atoms with Gasteiger partial charge in [0.05, 0.1) is 0 Å². The largest absolute Gasteiger partial charge is 0.295 e. The lowest BCUT2D eigenvalue weighted by Crippen LogP contribution is -1.89. The van der Waals surface area contributed by atoms with E-state index in [1.54, 1.807) is 24.3 Å². The van der Waals surface area contributed by atoms with E-state index < -0.39 is 0 Å². The van der Waals surface area contributed by atoms with Crippen molar-refractivity contribution in [1.29, 1.82) is 0 Å². The Morgan fingerprint density at radius 1 is 0.917 bits per heavy atom. The van der Waals surface area contributed by atoms with E-state index in [9.17, 15) is 4.79 Å². The van der Waals surface area contributed by atoms with Crippen molar-refractivity contribution in [2.24, 2.45) is 5.92 Å². The summed E-state index contributed by atoms with van der Waals surface area (Å²) >= 11 is 5.61. The molecule has 0 N–H and O–H groups in total. The number of halogens is 1. The molecule has 204 valence electrons. The Labute approximate surface area is 230 Å². The molecule has 0 unspecified atom stereocenters. The van der Waals surface area contributed by atoms with Crippen molar-refractivity contribution in [2.75, 3.05) is 0 Å². The first-order valence-electron chi connectivity index (χ1n) is 13.3. The van der Waals surface area contributed by atoms with Gasteiger partial charge >= 0.3 is 0 Å². The lowest BCUT2D eigenvalue weighted by Gasteiger charge is -2.00. The number of benzene rings is 2. The summed E-state index contributed by atoms with van der Waals surface area (Å²) in [6, 6.07) is 13.2. The van der Waals surface area contributed by atoms with Crippen molar-refractivity contribution in [3.05, 3.63) is 93.5 Å². The molecule has 1 nitrogen and oxygen atoms in total. The molecule has 0 bridgehead atoms. The molecule has 0 aromatic heterocycles. The zero-order chi connectivity index (χ0) is 28.7. The highest BCUT2D eigenvalue weighted by Gasteiger charge is 2.12. The first kappa shape index (κ1) is 38.4. The molecule has 2 aromatic carbocycles. The van der Waals surface area contributed by atoms with E-state index in [4.69, 9.17) is 11.6 Å². The van der Waals surface area contributed by atoms with Gasteiger partial charge in [-0.15, -0.1) is 6.58 Å². The van der Waals surface area contributed by atoms with Gasteiger partial charge in [-0.1, -0.05) is 94.0 Å². The second-order valence-corrected chi connectivity index (χ2v) is 10.1. The lowest BCUT2D eigenvalue weighted by molar-refractivity contribution is 0.101. The van der Waals surface area contributed by atoms with Crippen molar-refractivity contribution in [3.63, 3.8) is 0 Å². The molecule has 0 radical (unpaired) electrons.